The van der Waals surface area contributed by atoms with Crippen LogP contribution in [-0.4, -0.2) is 40.6 Å². The molecule has 9 nitrogen and oxygen atoms in total. The lowest BCUT2D eigenvalue weighted by molar-refractivity contribution is -0.268. The molecule has 0 spiro atoms. The zero-order valence-corrected chi connectivity index (χ0v) is 26.2. The average molecular weight is 643 g/mol. The van der Waals surface area contributed by atoms with Crippen molar-refractivity contribution in [2.75, 3.05) is 5.75 Å². The molecule has 4 atom stereocenters. The summed E-state index contributed by atoms with van der Waals surface area (Å²) in [6.07, 6.45) is 0.563. The molecule has 0 amide bonds. The van der Waals surface area contributed by atoms with Gasteiger partial charge in [-0.2, -0.15) is 5.10 Å². The van der Waals surface area contributed by atoms with E-state index in [0.717, 1.165) is 38.5 Å². The first-order valence-electron chi connectivity index (χ1n) is 14.6. The number of thioether (sulfide) groups is 1. The summed E-state index contributed by atoms with van der Waals surface area (Å²) in [5.41, 5.74) is 5.58. The fraction of sp³-hybridized carbons (Fsp3) is 0.235. The third-order valence-corrected chi connectivity index (χ3v) is 10.2. The van der Waals surface area contributed by atoms with Crippen LogP contribution < -0.4 is 4.72 Å². The molecule has 1 fully saturated rings. The van der Waals surface area contributed by atoms with Gasteiger partial charge in [0, 0.05) is 23.8 Å². The predicted octanol–water partition coefficient (Wildman–Crippen LogP) is 6.03. The standard InChI is InChI=1S/C34H34N4O5S2/c1-23-31(21-44-34-35-22-36-38-34)42-33(43-32(23)27-12-10-24(20-39)11-13-27)28-16-14-26(15-17-28)29-7-5-6-25(18-29)19-37-45(40,41)30-8-3-2-4-9-30/h2-18,22-23,31-33,37,39H,19-21H2,1H3,(H,35,36,38)/t23-,31+,32+,33+/m1/s1. The molecule has 0 aliphatic carbocycles. The summed E-state index contributed by atoms with van der Waals surface area (Å²) in [5.74, 6) is 0.721. The summed E-state index contributed by atoms with van der Waals surface area (Å²) in [6, 6.07) is 32.1. The summed E-state index contributed by atoms with van der Waals surface area (Å²) >= 11 is 1.56. The van der Waals surface area contributed by atoms with Gasteiger partial charge in [-0.05, 0) is 46.0 Å². The molecule has 232 valence electrons. The van der Waals surface area contributed by atoms with Crippen molar-refractivity contribution >= 4 is 21.8 Å². The fourth-order valence-electron chi connectivity index (χ4n) is 5.29. The van der Waals surface area contributed by atoms with Crippen LogP contribution >= 0.6 is 11.8 Å². The maximum absolute atomic E-state index is 12.7. The third kappa shape index (κ3) is 7.52. The van der Waals surface area contributed by atoms with E-state index in [1.165, 1.54) is 6.33 Å². The Bertz CT molecular complexity index is 1790. The predicted molar refractivity (Wildman–Crippen MR) is 172 cm³/mol. The number of hydrogen-bond donors (Lipinski definition) is 3. The number of nitrogens with one attached hydrogen (secondary N) is 2. The molecule has 1 aliphatic heterocycles. The van der Waals surface area contributed by atoms with Crippen LogP contribution in [-0.2, 0) is 32.6 Å². The Labute approximate surface area is 267 Å². The largest absolute Gasteiger partial charge is 0.392 e. The lowest BCUT2D eigenvalue weighted by atomic mass is 9.91. The minimum absolute atomic E-state index is 0.0118. The number of aliphatic hydroxyl groups excluding tert-OH is 1. The number of ether oxygens (including phenoxy) is 2. The van der Waals surface area contributed by atoms with E-state index in [0.29, 0.717) is 5.75 Å². The van der Waals surface area contributed by atoms with Crippen LogP contribution in [0, 0.1) is 5.92 Å². The maximum atomic E-state index is 12.7. The highest BCUT2D eigenvalue weighted by Gasteiger charge is 2.38. The van der Waals surface area contributed by atoms with Crippen LogP contribution in [0.5, 0.6) is 0 Å². The van der Waals surface area contributed by atoms with Crippen molar-refractivity contribution in [1.29, 1.82) is 0 Å². The minimum Gasteiger partial charge on any atom is -0.392 e. The molecule has 45 heavy (non-hydrogen) atoms. The molecule has 0 bridgehead atoms. The Balaban J connectivity index is 1.18. The Hall–Kier alpha value is -3.84. The first kappa shape index (κ1) is 31.2. The molecule has 2 heterocycles. The molecular formula is C34H34N4O5S2. The summed E-state index contributed by atoms with van der Waals surface area (Å²) in [6.45, 7) is 2.30. The van der Waals surface area contributed by atoms with Gasteiger partial charge in [0.25, 0.3) is 0 Å². The monoisotopic (exact) mass is 642 g/mol. The van der Waals surface area contributed by atoms with Crippen molar-refractivity contribution in [3.63, 3.8) is 0 Å². The van der Waals surface area contributed by atoms with Gasteiger partial charge in [-0.1, -0.05) is 104 Å². The molecular weight excluding hydrogens is 609 g/mol. The van der Waals surface area contributed by atoms with E-state index in [4.69, 9.17) is 9.47 Å². The maximum Gasteiger partial charge on any atom is 0.240 e. The second-order valence-corrected chi connectivity index (χ2v) is 13.7. The Kier molecular flexibility index (Phi) is 9.74. The zero-order chi connectivity index (χ0) is 31.2. The number of H-pyrrole nitrogens is 1. The second-order valence-electron chi connectivity index (χ2n) is 10.9. The van der Waals surface area contributed by atoms with Crippen molar-refractivity contribution in [1.82, 2.24) is 19.9 Å². The van der Waals surface area contributed by atoms with Crippen molar-refractivity contribution in [3.05, 3.63) is 132 Å². The molecule has 6 rings (SSSR count). The van der Waals surface area contributed by atoms with E-state index in [1.807, 2.05) is 72.8 Å². The van der Waals surface area contributed by atoms with Crippen molar-refractivity contribution in [3.8, 4) is 11.1 Å². The van der Waals surface area contributed by atoms with E-state index in [-0.39, 0.29) is 36.2 Å². The Morgan fingerprint density at radius 3 is 2.33 bits per heavy atom. The van der Waals surface area contributed by atoms with Gasteiger partial charge in [0.1, 0.15) is 6.33 Å². The van der Waals surface area contributed by atoms with E-state index in [2.05, 4.69) is 26.8 Å². The number of rotatable bonds is 11. The van der Waals surface area contributed by atoms with Gasteiger partial charge in [0.2, 0.25) is 10.0 Å². The smallest absolute Gasteiger partial charge is 0.240 e. The molecule has 11 heteroatoms. The normalized spacial score (nSPS) is 20.2. The summed E-state index contributed by atoms with van der Waals surface area (Å²) in [5, 5.41) is 17.1. The van der Waals surface area contributed by atoms with Crippen LogP contribution in [0.2, 0.25) is 0 Å². The minimum atomic E-state index is -3.61. The molecule has 0 unspecified atom stereocenters. The van der Waals surface area contributed by atoms with Crippen LogP contribution in [0.1, 0.15) is 41.6 Å². The van der Waals surface area contributed by atoms with E-state index < -0.39 is 16.3 Å². The van der Waals surface area contributed by atoms with Gasteiger partial charge in [-0.15, -0.1) is 0 Å². The number of sulfonamides is 1. The van der Waals surface area contributed by atoms with Crippen LogP contribution in [0.15, 0.2) is 120 Å². The molecule has 0 radical (unpaired) electrons. The Morgan fingerprint density at radius 1 is 0.867 bits per heavy atom. The number of hydrogen-bond acceptors (Lipinski definition) is 8. The highest BCUT2D eigenvalue weighted by molar-refractivity contribution is 7.99. The highest BCUT2D eigenvalue weighted by Crippen LogP contribution is 2.43. The van der Waals surface area contributed by atoms with Crippen molar-refractivity contribution in [2.24, 2.45) is 5.92 Å². The van der Waals surface area contributed by atoms with Gasteiger partial charge in [0.05, 0.1) is 23.7 Å². The van der Waals surface area contributed by atoms with Gasteiger partial charge in [-0.3, -0.25) is 5.10 Å². The van der Waals surface area contributed by atoms with Gasteiger partial charge >= 0.3 is 0 Å². The number of aromatic amines is 1. The average Bonchev–Trinajstić information content (AvgIpc) is 3.62. The molecule has 0 saturated carbocycles. The SMILES string of the molecule is C[C@@H]1[C@H](CSc2ncn[nH]2)O[C@H](c2ccc(-c3cccc(CNS(=O)(=O)c4ccccc4)c3)cc2)O[C@@H]1c1ccc(CO)cc1. The second kappa shape index (κ2) is 14.1. The first-order chi connectivity index (χ1) is 21.9. The quantitative estimate of drug-likeness (QED) is 0.149. The molecule has 5 aromatic rings. The number of aliphatic hydroxyl groups is 1. The third-order valence-electron chi connectivity index (χ3n) is 7.86. The summed E-state index contributed by atoms with van der Waals surface area (Å²) in [4.78, 5) is 4.47. The van der Waals surface area contributed by atoms with Crippen LogP contribution in [0.4, 0.5) is 0 Å². The highest BCUT2D eigenvalue weighted by atomic mass is 32.2. The van der Waals surface area contributed by atoms with E-state index >= 15 is 0 Å². The van der Waals surface area contributed by atoms with Crippen molar-refractivity contribution in [2.45, 2.75) is 48.6 Å². The van der Waals surface area contributed by atoms with E-state index in [9.17, 15) is 13.5 Å². The van der Waals surface area contributed by atoms with Crippen molar-refractivity contribution < 1.29 is 23.0 Å². The zero-order valence-electron chi connectivity index (χ0n) is 24.6. The van der Waals surface area contributed by atoms with E-state index in [1.54, 1.807) is 42.1 Å². The fourth-order valence-corrected chi connectivity index (χ4v) is 7.27. The Morgan fingerprint density at radius 2 is 1.62 bits per heavy atom. The topological polar surface area (TPSA) is 126 Å². The summed E-state index contributed by atoms with van der Waals surface area (Å²) < 4.78 is 41.2. The number of benzene rings is 4. The molecule has 1 aliphatic rings. The van der Waals surface area contributed by atoms with Gasteiger partial charge in [-0.25, -0.2) is 18.1 Å². The van der Waals surface area contributed by atoms with Crippen LogP contribution in [0.25, 0.3) is 11.1 Å². The summed E-state index contributed by atoms with van der Waals surface area (Å²) in [7, 11) is -3.61. The van der Waals surface area contributed by atoms with Gasteiger partial charge in [0.15, 0.2) is 11.4 Å². The number of aromatic nitrogens is 3. The molecule has 3 N–H and O–H groups in total. The molecule has 1 aromatic heterocycles. The first-order valence-corrected chi connectivity index (χ1v) is 17.1. The lowest BCUT2D eigenvalue weighted by Gasteiger charge is -2.41. The molecule has 1 saturated heterocycles. The van der Waals surface area contributed by atoms with Gasteiger partial charge < -0.3 is 14.6 Å². The lowest BCUT2D eigenvalue weighted by Crippen LogP contribution is -2.38. The number of nitrogens with zero attached hydrogens (tertiary/aromatic N) is 2. The van der Waals surface area contributed by atoms with Crippen LogP contribution in [0.3, 0.4) is 0 Å². The molecule has 4 aromatic carbocycles.